The molecule has 0 spiro atoms. The molecule has 0 aliphatic heterocycles. The lowest BCUT2D eigenvalue weighted by Gasteiger charge is -2.34. The molecule has 1 aromatic carbocycles. The van der Waals surface area contributed by atoms with Crippen LogP contribution in [0.15, 0.2) is 18.2 Å². The van der Waals surface area contributed by atoms with Crippen molar-refractivity contribution in [1.29, 1.82) is 0 Å². The molecule has 3 N–H and O–H groups in total. The van der Waals surface area contributed by atoms with Gasteiger partial charge in [-0.3, -0.25) is 0 Å². The van der Waals surface area contributed by atoms with Crippen LogP contribution in [0.5, 0.6) is 5.75 Å². The largest absolute Gasteiger partial charge is 0.482 e. The monoisotopic (exact) mass is 265 g/mol. The van der Waals surface area contributed by atoms with E-state index in [2.05, 4.69) is 6.92 Å². The molecule has 1 radical (unpaired) electrons. The second-order valence-corrected chi connectivity index (χ2v) is 4.69. The van der Waals surface area contributed by atoms with E-state index in [-0.39, 0.29) is 5.92 Å². The van der Waals surface area contributed by atoms with Crippen LogP contribution in [0.4, 0.5) is 0 Å². The van der Waals surface area contributed by atoms with E-state index in [4.69, 9.17) is 9.84 Å². The molecular formula is C14H17O5. The van der Waals surface area contributed by atoms with E-state index in [1.807, 2.05) is 0 Å². The normalized spacial score (nSPS) is 25.7. The number of carboxylic acids is 1. The van der Waals surface area contributed by atoms with Crippen LogP contribution >= 0.6 is 0 Å². The number of carbonyl (C=O) groups is 1. The Balaban J connectivity index is 2.32. The van der Waals surface area contributed by atoms with Gasteiger partial charge in [0.05, 0.1) is 6.10 Å². The summed E-state index contributed by atoms with van der Waals surface area (Å²) >= 11 is 0. The number of hydrogen-bond donors (Lipinski definition) is 3. The molecule has 0 fully saturated rings. The number of benzene rings is 1. The number of aliphatic hydroxyl groups excluding tert-OH is 2. The Morgan fingerprint density at radius 2 is 2.16 bits per heavy atom. The summed E-state index contributed by atoms with van der Waals surface area (Å²) in [5.41, 5.74) is 1.36. The summed E-state index contributed by atoms with van der Waals surface area (Å²) in [6.45, 7) is 3.34. The van der Waals surface area contributed by atoms with Gasteiger partial charge in [0.25, 0.3) is 0 Å². The summed E-state index contributed by atoms with van der Waals surface area (Å²) in [6, 6.07) is 5.07. The van der Waals surface area contributed by atoms with Crippen molar-refractivity contribution in [2.24, 2.45) is 5.92 Å². The first-order chi connectivity index (χ1) is 9.04. The molecule has 0 heterocycles. The topological polar surface area (TPSA) is 87.0 Å². The highest BCUT2D eigenvalue weighted by molar-refractivity contribution is 5.68. The van der Waals surface area contributed by atoms with Crippen molar-refractivity contribution in [3.05, 3.63) is 36.2 Å². The zero-order valence-corrected chi connectivity index (χ0v) is 10.5. The predicted molar refractivity (Wildman–Crippen MR) is 67.7 cm³/mol. The fraction of sp³-hybridized carbons (Fsp3) is 0.429. The van der Waals surface area contributed by atoms with E-state index in [0.717, 1.165) is 5.56 Å². The molecule has 5 nitrogen and oxygen atoms in total. The predicted octanol–water partition coefficient (Wildman–Crippen LogP) is 0.941. The zero-order chi connectivity index (χ0) is 14.0. The number of rotatable bonds is 4. The van der Waals surface area contributed by atoms with Crippen molar-refractivity contribution in [2.75, 3.05) is 6.61 Å². The second-order valence-electron chi connectivity index (χ2n) is 4.69. The zero-order valence-electron chi connectivity index (χ0n) is 10.5. The fourth-order valence-electron chi connectivity index (χ4n) is 2.45. The minimum absolute atomic E-state index is 0.155. The lowest BCUT2D eigenvalue weighted by atomic mass is 9.78. The summed E-state index contributed by atoms with van der Waals surface area (Å²) in [5.74, 6) is -0.760. The molecule has 1 aliphatic carbocycles. The van der Waals surface area contributed by atoms with Gasteiger partial charge in [0.15, 0.2) is 6.61 Å². The van der Waals surface area contributed by atoms with Crippen molar-refractivity contribution in [1.82, 2.24) is 0 Å². The van der Waals surface area contributed by atoms with Gasteiger partial charge in [-0.1, -0.05) is 19.1 Å². The average molecular weight is 265 g/mol. The third kappa shape index (κ3) is 2.72. The van der Waals surface area contributed by atoms with Crippen molar-refractivity contribution in [3.8, 4) is 5.75 Å². The standard InChI is InChI=1S/C14H17O5/c1-2-8-6-10-9(14(18)13(8)17)4-3-5-11(10)19-7-12(15)16/h3-5,8,13-14,17-18H,1-2,6-7H2,(H,15,16). The summed E-state index contributed by atoms with van der Waals surface area (Å²) in [6.07, 6.45) is -0.818. The molecule has 3 unspecified atom stereocenters. The van der Waals surface area contributed by atoms with Crippen molar-refractivity contribution >= 4 is 5.97 Å². The molecule has 103 valence electrons. The van der Waals surface area contributed by atoms with Crippen molar-refractivity contribution in [3.63, 3.8) is 0 Å². The van der Waals surface area contributed by atoms with Gasteiger partial charge in [-0.15, -0.1) is 0 Å². The van der Waals surface area contributed by atoms with E-state index < -0.39 is 24.8 Å². The molecule has 0 saturated carbocycles. The van der Waals surface area contributed by atoms with Crippen LogP contribution in [-0.4, -0.2) is 34.0 Å². The first kappa shape index (κ1) is 13.8. The van der Waals surface area contributed by atoms with Crippen LogP contribution in [0.1, 0.15) is 23.7 Å². The smallest absolute Gasteiger partial charge is 0.341 e. The quantitative estimate of drug-likeness (QED) is 0.754. The number of ether oxygens (including phenoxy) is 1. The van der Waals surface area contributed by atoms with E-state index >= 15 is 0 Å². The molecule has 5 heteroatoms. The summed E-state index contributed by atoms with van der Waals surface area (Å²) in [7, 11) is 0. The lowest BCUT2D eigenvalue weighted by Crippen LogP contribution is -2.34. The van der Waals surface area contributed by atoms with Crippen LogP contribution in [0, 0.1) is 12.8 Å². The highest BCUT2D eigenvalue weighted by Crippen LogP contribution is 2.39. The van der Waals surface area contributed by atoms with Crippen molar-refractivity contribution in [2.45, 2.75) is 25.0 Å². The number of carboxylic acid groups (broad SMARTS) is 1. The van der Waals surface area contributed by atoms with Gasteiger partial charge in [-0.25, -0.2) is 4.79 Å². The Morgan fingerprint density at radius 3 is 2.79 bits per heavy atom. The highest BCUT2D eigenvalue weighted by atomic mass is 16.5. The molecule has 0 bridgehead atoms. The summed E-state index contributed by atoms with van der Waals surface area (Å²) in [5, 5.41) is 28.7. The van der Waals surface area contributed by atoms with Gasteiger partial charge in [0.1, 0.15) is 11.9 Å². The summed E-state index contributed by atoms with van der Waals surface area (Å²) < 4.78 is 5.23. The molecule has 0 saturated heterocycles. The number of hydrogen-bond acceptors (Lipinski definition) is 4. The van der Waals surface area contributed by atoms with Gasteiger partial charge in [-0.05, 0) is 30.4 Å². The van der Waals surface area contributed by atoms with E-state index in [9.17, 15) is 15.0 Å². The number of fused-ring (bicyclic) bond motifs is 1. The van der Waals surface area contributed by atoms with Crippen LogP contribution in [0.3, 0.4) is 0 Å². The highest BCUT2D eigenvalue weighted by Gasteiger charge is 2.34. The van der Waals surface area contributed by atoms with E-state index in [1.54, 1.807) is 18.2 Å². The van der Waals surface area contributed by atoms with Gasteiger partial charge < -0.3 is 20.1 Å². The molecule has 1 aliphatic rings. The molecule has 0 aromatic heterocycles. The number of aliphatic hydroxyl groups is 2. The van der Waals surface area contributed by atoms with Crippen molar-refractivity contribution < 1.29 is 24.9 Å². The van der Waals surface area contributed by atoms with E-state index in [0.29, 0.717) is 24.2 Å². The Morgan fingerprint density at radius 1 is 1.42 bits per heavy atom. The molecule has 19 heavy (non-hydrogen) atoms. The first-order valence-electron chi connectivity index (χ1n) is 6.16. The third-order valence-electron chi connectivity index (χ3n) is 3.48. The fourth-order valence-corrected chi connectivity index (χ4v) is 2.45. The minimum Gasteiger partial charge on any atom is -0.482 e. The number of aliphatic carboxylic acids is 1. The maximum atomic E-state index is 10.6. The molecular weight excluding hydrogens is 248 g/mol. The maximum absolute atomic E-state index is 10.6. The third-order valence-corrected chi connectivity index (χ3v) is 3.48. The molecule has 0 amide bonds. The van der Waals surface area contributed by atoms with Gasteiger partial charge >= 0.3 is 5.97 Å². The van der Waals surface area contributed by atoms with Gasteiger partial charge in [0.2, 0.25) is 0 Å². The lowest BCUT2D eigenvalue weighted by molar-refractivity contribution is -0.139. The Labute approximate surface area is 111 Å². The van der Waals surface area contributed by atoms with Crippen LogP contribution < -0.4 is 4.74 Å². The van der Waals surface area contributed by atoms with Gasteiger partial charge in [0, 0.05) is 5.56 Å². The van der Waals surface area contributed by atoms with Crippen LogP contribution in [-0.2, 0) is 11.2 Å². The minimum atomic E-state index is -1.05. The van der Waals surface area contributed by atoms with Crippen LogP contribution in [0.25, 0.3) is 0 Å². The maximum Gasteiger partial charge on any atom is 0.341 e. The Kier molecular flexibility index (Phi) is 4.07. The first-order valence-corrected chi connectivity index (χ1v) is 6.16. The molecule has 1 aromatic rings. The Hall–Kier alpha value is -1.59. The SMILES string of the molecule is [CH2]CC1Cc2c(OCC(=O)O)cccc2C(O)C1O. The summed E-state index contributed by atoms with van der Waals surface area (Å²) in [4.78, 5) is 10.6. The molecule has 2 rings (SSSR count). The van der Waals surface area contributed by atoms with E-state index in [1.165, 1.54) is 0 Å². The second kappa shape index (κ2) is 5.59. The Bertz CT molecular complexity index is 471. The van der Waals surface area contributed by atoms with Gasteiger partial charge in [-0.2, -0.15) is 0 Å². The molecule has 3 atom stereocenters. The average Bonchev–Trinajstić information content (AvgIpc) is 2.40. The van der Waals surface area contributed by atoms with Crippen LogP contribution in [0.2, 0.25) is 0 Å².